The molecular weight excluding hydrogens is 1320 g/mol. The Labute approximate surface area is 619 Å². The Bertz CT molecular complexity index is 1930. The van der Waals surface area contributed by atoms with Crippen LogP contribution in [0.2, 0.25) is 0 Å². The monoisotopic (exact) mass is 1480 g/mol. The van der Waals surface area contributed by atoms with Crippen molar-refractivity contribution in [3.63, 3.8) is 0 Å². The molecule has 5 atom stereocenters. The molecule has 0 aromatic rings. The highest BCUT2D eigenvalue weighted by Crippen LogP contribution is 2.45. The first-order valence-electron chi connectivity index (χ1n) is 42.6. The molecule has 0 aliphatic rings. The van der Waals surface area contributed by atoms with Gasteiger partial charge < -0.3 is 33.8 Å². The van der Waals surface area contributed by atoms with E-state index in [1.807, 2.05) is 0 Å². The van der Waals surface area contributed by atoms with E-state index in [0.717, 1.165) is 95.8 Å². The number of aliphatic hydroxyl groups excluding tert-OH is 1. The Kier molecular flexibility index (Phi) is 73.5. The van der Waals surface area contributed by atoms with Gasteiger partial charge >= 0.3 is 39.5 Å². The van der Waals surface area contributed by atoms with Crippen molar-refractivity contribution in [1.82, 2.24) is 0 Å². The number of hydrogen-bond acceptors (Lipinski definition) is 15. The molecule has 101 heavy (non-hydrogen) atoms. The fourth-order valence-corrected chi connectivity index (χ4v) is 14.3. The van der Waals surface area contributed by atoms with E-state index in [0.29, 0.717) is 25.7 Å². The van der Waals surface area contributed by atoms with Crippen LogP contribution in [0.4, 0.5) is 0 Å². The molecule has 0 bridgehead atoms. The number of aliphatic hydroxyl groups is 1. The van der Waals surface area contributed by atoms with Crippen LogP contribution in [-0.4, -0.2) is 96.7 Å². The summed E-state index contributed by atoms with van der Waals surface area (Å²) in [5, 5.41) is 10.6. The Morgan fingerprint density at radius 3 is 0.673 bits per heavy atom. The second kappa shape index (κ2) is 74.9. The minimum absolute atomic E-state index is 0.106. The molecule has 0 aliphatic carbocycles. The van der Waals surface area contributed by atoms with Gasteiger partial charge in [0.15, 0.2) is 12.2 Å². The summed E-state index contributed by atoms with van der Waals surface area (Å²) in [6, 6.07) is 0. The first-order valence-corrected chi connectivity index (χ1v) is 45.6. The summed E-state index contributed by atoms with van der Waals surface area (Å²) in [4.78, 5) is 73.0. The van der Waals surface area contributed by atoms with Gasteiger partial charge in [-0.15, -0.1) is 0 Å². The highest BCUT2D eigenvalue weighted by Gasteiger charge is 2.30. The summed E-state index contributed by atoms with van der Waals surface area (Å²) in [5.41, 5.74) is 0. The highest BCUT2D eigenvalue weighted by molar-refractivity contribution is 7.47. The number of carbonyl (C=O) groups excluding carboxylic acids is 4. The summed E-state index contributed by atoms with van der Waals surface area (Å²) in [6.45, 7) is 7.30. The van der Waals surface area contributed by atoms with Crippen LogP contribution in [-0.2, 0) is 65.4 Å². The van der Waals surface area contributed by atoms with E-state index in [2.05, 4.69) is 34.6 Å². The maximum atomic E-state index is 13.1. The smallest absolute Gasteiger partial charge is 0.462 e. The third-order valence-corrected chi connectivity index (χ3v) is 21.2. The van der Waals surface area contributed by atoms with Crippen LogP contribution in [0.25, 0.3) is 0 Å². The van der Waals surface area contributed by atoms with Gasteiger partial charge in [-0.05, 0) is 31.6 Å². The fourth-order valence-electron chi connectivity index (χ4n) is 12.8. The molecule has 0 saturated heterocycles. The van der Waals surface area contributed by atoms with Gasteiger partial charge in [-0.1, -0.05) is 388 Å². The minimum atomic E-state index is -4.96. The quantitative estimate of drug-likeness (QED) is 0.0222. The molecular formula is C82H160O17P2. The molecule has 3 N–H and O–H groups in total. The normalized spacial score (nSPS) is 13.8. The average molecular weight is 1480 g/mol. The third kappa shape index (κ3) is 76.1. The average Bonchev–Trinajstić information content (AvgIpc) is 0.947. The number of ether oxygens (including phenoxy) is 4. The molecule has 0 saturated carbocycles. The molecule has 0 amide bonds. The molecule has 0 aromatic heterocycles. The molecule has 0 fully saturated rings. The maximum absolute atomic E-state index is 13.1. The van der Waals surface area contributed by atoms with Crippen molar-refractivity contribution >= 4 is 39.5 Å². The number of phosphoric acid groups is 2. The Morgan fingerprint density at radius 1 is 0.267 bits per heavy atom. The first-order chi connectivity index (χ1) is 49.0. The van der Waals surface area contributed by atoms with Crippen LogP contribution < -0.4 is 0 Å². The Balaban J connectivity index is 5.19. The molecule has 0 rings (SSSR count). The summed E-state index contributed by atoms with van der Waals surface area (Å²) < 4.78 is 68.7. The molecule has 0 spiro atoms. The van der Waals surface area contributed by atoms with Gasteiger partial charge in [0.2, 0.25) is 0 Å². The zero-order valence-corrected chi connectivity index (χ0v) is 67.8. The number of carbonyl (C=O) groups is 4. The van der Waals surface area contributed by atoms with E-state index < -0.39 is 97.5 Å². The topological polar surface area (TPSA) is 237 Å². The lowest BCUT2D eigenvalue weighted by Crippen LogP contribution is -2.30. The zero-order chi connectivity index (χ0) is 74.1. The van der Waals surface area contributed by atoms with Gasteiger partial charge in [0, 0.05) is 25.7 Å². The predicted octanol–water partition coefficient (Wildman–Crippen LogP) is 24.8. The summed E-state index contributed by atoms with van der Waals surface area (Å²) >= 11 is 0. The van der Waals surface area contributed by atoms with Gasteiger partial charge in [0.25, 0.3) is 0 Å². The van der Waals surface area contributed by atoms with Crippen LogP contribution in [0.1, 0.15) is 439 Å². The first kappa shape index (κ1) is 99.1. The van der Waals surface area contributed by atoms with Crippen LogP contribution in [0.3, 0.4) is 0 Å². The maximum Gasteiger partial charge on any atom is 0.472 e. The third-order valence-electron chi connectivity index (χ3n) is 19.3. The fraction of sp³-hybridized carbons (Fsp3) is 0.951. The second-order valence-electron chi connectivity index (χ2n) is 30.0. The van der Waals surface area contributed by atoms with Gasteiger partial charge in [-0.3, -0.25) is 37.3 Å². The lowest BCUT2D eigenvalue weighted by Gasteiger charge is -2.21. The number of unbranched alkanes of at least 4 members (excludes halogenated alkanes) is 54. The van der Waals surface area contributed by atoms with E-state index in [4.69, 9.17) is 37.0 Å². The van der Waals surface area contributed by atoms with E-state index in [-0.39, 0.29) is 25.7 Å². The molecule has 17 nitrogen and oxygen atoms in total. The van der Waals surface area contributed by atoms with Crippen LogP contribution in [0, 0.1) is 5.92 Å². The lowest BCUT2D eigenvalue weighted by molar-refractivity contribution is -0.161. The predicted molar refractivity (Wildman–Crippen MR) is 414 cm³/mol. The lowest BCUT2D eigenvalue weighted by atomic mass is 10.0. The van der Waals surface area contributed by atoms with Crippen molar-refractivity contribution in [2.45, 2.75) is 457 Å². The summed E-state index contributed by atoms with van der Waals surface area (Å²) in [5.74, 6) is -1.36. The van der Waals surface area contributed by atoms with Crippen molar-refractivity contribution in [2.24, 2.45) is 5.92 Å². The SMILES string of the molecule is CCCCCCCCCCCCCCCCCCCCCCCCC(=O)O[C@H](COC(=O)CCCCCCCCCCCCCCCCCCC)COP(=O)(O)OC[C@@H](O)COP(=O)(O)OC[C@@H](COC(=O)CCCCCCCCCCC)OC(=O)CCCCCCCCCCCCC(C)C. The summed E-state index contributed by atoms with van der Waals surface area (Å²) in [7, 11) is -9.92. The molecule has 600 valence electrons. The second-order valence-corrected chi connectivity index (χ2v) is 32.9. The van der Waals surface area contributed by atoms with E-state index in [1.165, 1.54) is 263 Å². The van der Waals surface area contributed by atoms with Crippen molar-refractivity contribution in [3.05, 3.63) is 0 Å². The van der Waals surface area contributed by atoms with Crippen molar-refractivity contribution in [2.75, 3.05) is 39.6 Å². The molecule has 0 heterocycles. The van der Waals surface area contributed by atoms with E-state index in [1.54, 1.807) is 0 Å². The van der Waals surface area contributed by atoms with Crippen LogP contribution >= 0.6 is 15.6 Å². The Hall–Kier alpha value is -1.94. The molecule has 2 unspecified atom stereocenters. The largest absolute Gasteiger partial charge is 0.472 e. The number of phosphoric ester groups is 2. The van der Waals surface area contributed by atoms with E-state index >= 15 is 0 Å². The van der Waals surface area contributed by atoms with Crippen LogP contribution in [0.5, 0.6) is 0 Å². The molecule has 19 heteroatoms. The van der Waals surface area contributed by atoms with Gasteiger partial charge in [-0.2, -0.15) is 0 Å². The van der Waals surface area contributed by atoms with Crippen LogP contribution in [0.15, 0.2) is 0 Å². The van der Waals surface area contributed by atoms with E-state index in [9.17, 15) is 43.2 Å². The van der Waals surface area contributed by atoms with Crippen molar-refractivity contribution in [1.29, 1.82) is 0 Å². The van der Waals surface area contributed by atoms with Crippen molar-refractivity contribution in [3.8, 4) is 0 Å². The number of hydrogen-bond donors (Lipinski definition) is 3. The minimum Gasteiger partial charge on any atom is -0.462 e. The number of rotatable bonds is 82. The molecule has 0 radical (unpaired) electrons. The Morgan fingerprint density at radius 2 is 0.455 bits per heavy atom. The standard InChI is InChI=1S/C82H160O17P2/c1-6-9-12-15-18-21-23-25-27-29-30-31-32-33-35-37-39-41-47-52-57-62-67-81(86)98-78(72-93-80(85)66-61-56-51-46-40-38-36-34-28-26-24-22-19-16-13-10-7-2)74-97-101(90,91)95-70-76(83)69-94-100(88,89)96-73-77(71-92-79(84)65-60-55-50-44-20-17-14-11-8-3)99-82(87)68-63-58-53-48-43-42-45-49-54-59-64-75(4)5/h75-78,83H,6-74H2,1-5H3,(H,88,89)(H,90,91)/t76-,77+,78+/m0/s1. The molecule has 0 aliphatic heterocycles. The van der Waals surface area contributed by atoms with Gasteiger partial charge in [-0.25, -0.2) is 9.13 Å². The van der Waals surface area contributed by atoms with Gasteiger partial charge in [0.1, 0.15) is 19.3 Å². The molecule has 0 aromatic carbocycles. The van der Waals surface area contributed by atoms with Gasteiger partial charge in [0.05, 0.1) is 26.4 Å². The highest BCUT2D eigenvalue weighted by atomic mass is 31.2. The van der Waals surface area contributed by atoms with Crippen molar-refractivity contribution < 1.29 is 80.2 Å². The summed E-state index contributed by atoms with van der Waals surface area (Å²) in [6.07, 6.45) is 66.8. The number of esters is 4. The zero-order valence-electron chi connectivity index (χ0n) is 66.1.